The quantitative estimate of drug-likeness (QED) is 0.794. The van der Waals surface area contributed by atoms with Crippen LogP contribution >= 0.6 is 0 Å². The lowest BCUT2D eigenvalue weighted by Crippen LogP contribution is -2.22. The lowest BCUT2D eigenvalue weighted by molar-refractivity contribution is -0.119. The van der Waals surface area contributed by atoms with Crippen LogP contribution in [0.15, 0.2) is 12.1 Å². The highest BCUT2D eigenvalue weighted by atomic mass is 16.5. The van der Waals surface area contributed by atoms with E-state index in [1.54, 1.807) is 12.1 Å². The van der Waals surface area contributed by atoms with E-state index in [1.165, 1.54) is 21.3 Å². The Kier molecular flexibility index (Phi) is 6.11. The van der Waals surface area contributed by atoms with Gasteiger partial charge >= 0.3 is 0 Å². The summed E-state index contributed by atoms with van der Waals surface area (Å²) in [4.78, 5) is 12.0. The Bertz CT molecular complexity index is 437. The zero-order chi connectivity index (χ0) is 15.1. The van der Waals surface area contributed by atoms with Crippen molar-refractivity contribution >= 4 is 11.6 Å². The number of hydrogen-bond acceptors (Lipinski definition) is 5. The third-order valence-corrected chi connectivity index (χ3v) is 2.98. The number of rotatable bonds is 7. The number of carbonyl (C=O) groups is 1. The van der Waals surface area contributed by atoms with Gasteiger partial charge in [0, 0.05) is 23.7 Å². The van der Waals surface area contributed by atoms with Gasteiger partial charge in [0.05, 0.1) is 21.3 Å². The minimum atomic E-state index is -0.154. The molecule has 0 heterocycles. The number of carbonyl (C=O) groups excluding carboxylic acids is 1. The number of nitrogens with two attached hydrogens (primary N) is 1. The molecule has 20 heavy (non-hydrogen) atoms. The molecule has 0 radical (unpaired) electrons. The largest absolute Gasteiger partial charge is 0.493 e. The molecule has 1 atom stereocenters. The second kappa shape index (κ2) is 7.59. The van der Waals surface area contributed by atoms with Gasteiger partial charge < -0.3 is 25.3 Å². The van der Waals surface area contributed by atoms with Crippen LogP contribution in [0.4, 0.5) is 5.69 Å². The summed E-state index contributed by atoms with van der Waals surface area (Å²) >= 11 is 0. The van der Waals surface area contributed by atoms with E-state index < -0.39 is 0 Å². The molecule has 1 aromatic carbocycles. The molecule has 1 unspecified atom stereocenters. The van der Waals surface area contributed by atoms with Crippen molar-refractivity contribution in [3.63, 3.8) is 0 Å². The summed E-state index contributed by atoms with van der Waals surface area (Å²) < 4.78 is 15.7. The van der Waals surface area contributed by atoms with E-state index in [0.717, 1.165) is 0 Å². The van der Waals surface area contributed by atoms with Gasteiger partial charge in [0.25, 0.3) is 0 Å². The Balaban J connectivity index is 2.99. The summed E-state index contributed by atoms with van der Waals surface area (Å²) in [5, 5.41) is 2.82. The van der Waals surface area contributed by atoms with Crippen molar-refractivity contribution in [3.05, 3.63) is 12.1 Å². The molecule has 112 valence electrons. The van der Waals surface area contributed by atoms with Crippen molar-refractivity contribution < 1.29 is 19.0 Å². The van der Waals surface area contributed by atoms with Crippen LogP contribution in [0.3, 0.4) is 0 Å². The van der Waals surface area contributed by atoms with Gasteiger partial charge in [-0.2, -0.15) is 0 Å². The van der Waals surface area contributed by atoms with Crippen LogP contribution in [0.1, 0.15) is 13.3 Å². The molecule has 0 fully saturated rings. The van der Waals surface area contributed by atoms with E-state index >= 15 is 0 Å². The SMILES string of the molecule is COc1cc(NC(=O)C(C)CCN)cc(OC)c1OC. The smallest absolute Gasteiger partial charge is 0.227 e. The van der Waals surface area contributed by atoms with Crippen molar-refractivity contribution in [3.8, 4) is 17.2 Å². The standard InChI is InChI=1S/C14H22N2O4/c1-9(5-6-15)14(17)16-10-7-11(18-2)13(20-4)12(8-10)19-3/h7-9H,5-6,15H2,1-4H3,(H,16,17). The lowest BCUT2D eigenvalue weighted by Gasteiger charge is -2.16. The molecule has 0 aliphatic carbocycles. The molecule has 0 aliphatic heterocycles. The van der Waals surface area contributed by atoms with Crippen molar-refractivity contribution in [2.24, 2.45) is 11.7 Å². The van der Waals surface area contributed by atoms with Crippen LogP contribution in [0.5, 0.6) is 17.2 Å². The van der Waals surface area contributed by atoms with Crippen LogP contribution in [-0.4, -0.2) is 33.8 Å². The molecular formula is C14H22N2O4. The number of hydrogen-bond donors (Lipinski definition) is 2. The molecule has 0 saturated carbocycles. The van der Waals surface area contributed by atoms with E-state index in [0.29, 0.717) is 35.9 Å². The topological polar surface area (TPSA) is 82.8 Å². The molecule has 0 aliphatic rings. The van der Waals surface area contributed by atoms with E-state index in [1.807, 2.05) is 6.92 Å². The number of amides is 1. The fourth-order valence-corrected chi connectivity index (χ4v) is 1.80. The molecule has 6 heteroatoms. The number of benzene rings is 1. The van der Waals surface area contributed by atoms with Crippen LogP contribution < -0.4 is 25.3 Å². The maximum Gasteiger partial charge on any atom is 0.227 e. The van der Waals surface area contributed by atoms with E-state index in [2.05, 4.69) is 5.32 Å². The van der Waals surface area contributed by atoms with Crippen molar-refractivity contribution in [2.75, 3.05) is 33.2 Å². The van der Waals surface area contributed by atoms with Gasteiger partial charge in [-0.15, -0.1) is 0 Å². The van der Waals surface area contributed by atoms with E-state index in [-0.39, 0.29) is 11.8 Å². The Hall–Kier alpha value is -1.95. The normalized spacial score (nSPS) is 11.7. The van der Waals surface area contributed by atoms with Gasteiger partial charge in [0.2, 0.25) is 11.7 Å². The fraction of sp³-hybridized carbons (Fsp3) is 0.500. The summed E-state index contributed by atoms with van der Waals surface area (Å²) in [7, 11) is 4.59. The Morgan fingerprint density at radius 2 is 1.75 bits per heavy atom. The van der Waals surface area contributed by atoms with Crippen molar-refractivity contribution in [1.82, 2.24) is 0 Å². The molecular weight excluding hydrogens is 260 g/mol. The highest BCUT2D eigenvalue weighted by Crippen LogP contribution is 2.39. The van der Waals surface area contributed by atoms with Crippen LogP contribution in [0.2, 0.25) is 0 Å². The molecule has 1 rings (SSSR count). The summed E-state index contributed by atoms with van der Waals surface area (Å²) in [5.74, 6) is 1.23. The second-order valence-electron chi connectivity index (χ2n) is 4.38. The maximum atomic E-state index is 12.0. The Morgan fingerprint density at radius 1 is 1.20 bits per heavy atom. The maximum absolute atomic E-state index is 12.0. The van der Waals surface area contributed by atoms with E-state index in [4.69, 9.17) is 19.9 Å². The summed E-state index contributed by atoms with van der Waals surface area (Å²) in [5.41, 5.74) is 6.04. The van der Waals surface area contributed by atoms with Crippen LogP contribution in [0.25, 0.3) is 0 Å². The predicted molar refractivity (Wildman–Crippen MR) is 77.6 cm³/mol. The fourth-order valence-electron chi connectivity index (χ4n) is 1.80. The molecule has 1 aromatic rings. The van der Waals surface area contributed by atoms with Crippen LogP contribution in [0, 0.1) is 5.92 Å². The summed E-state index contributed by atoms with van der Waals surface area (Å²) in [6.07, 6.45) is 0.635. The lowest BCUT2D eigenvalue weighted by atomic mass is 10.1. The van der Waals surface area contributed by atoms with E-state index in [9.17, 15) is 4.79 Å². The molecule has 0 spiro atoms. The number of ether oxygens (including phenoxy) is 3. The van der Waals surface area contributed by atoms with Crippen LogP contribution in [-0.2, 0) is 4.79 Å². The first-order chi connectivity index (χ1) is 9.57. The second-order valence-corrected chi connectivity index (χ2v) is 4.38. The highest BCUT2D eigenvalue weighted by molar-refractivity contribution is 5.93. The monoisotopic (exact) mass is 282 g/mol. The molecule has 1 amide bonds. The van der Waals surface area contributed by atoms with Crippen molar-refractivity contribution in [2.45, 2.75) is 13.3 Å². The minimum absolute atomic E-state index is 0.0928. The first-order valence-corrected chi connectivity index (χ1v) is 6.38. The third kappa shape index (κ3) is 3.77. The Morgan fingerprint density at radius 3 is 2.15 bits per heavy atom. The highest BCUT2D eigenvalue weighted by Gasteiger charge is 2.16. The first kappa shape index (κ1) is 16.1. The number of nitrogens with one attached hydrogen (secondary N) is 1. The average molecular weight is 282 g/mol. The molecule has 0 bridgehead atoms. The number of methoxy groups -OCH3 is 3. The summed E-state index contributed by atoms with van der Waals surface area (Å²) in [6, 6.07) is 3.38. The molecule has 0 aromatic heterocycles. The summed E-state index contributed by atoms with van der Waals surface area (Å²) in [6.45, 7) is 2.31. The molecule has 6 nitrogen and oxygen atoms in total. The Labute approximate surface area is 119 Å². The first-order valence-electron chi connectivity index (χ1n) is 6.38. The molecule has 3 N–H and O–H groups in total. The molecule has 0 saturated heterocycles. The van der Waals surface area contributed by atoms with Gasteiger partial charge in [-0.05, 0) is 13.0 Å². The van der Waals surface area contributed by atoms with Gasteiger partial charge in [0.1, 0.15) is 0 Å². The number of anilines is 1. The zero-order valence-electron chi connectivity index (χ0n) is 12.4. The van der Waals surface area contributed by atoms with Gasteiger partial charge in [-0.25, -0.2) is 0 Å². The minimum Gasteiger partial charge on any atom is -0.493 e. The third-order valence-electron chi connectivity index (χ3n) is 2.98. The predicted octanol–water partition coefficient (Wildman–Crippen LogP) is 1.64. The van der Waals surface area contributed by atoms with Gasteiger partial charge in [0.15, 0.2) is 11.5 Å². The van der Waals surface area contributed by atoms with Gasteiger partial charge in [-0.3, -0.25) is 4.79 Å². The average Bonchev–Trinajstić information content (AvgIpc) is 2.46. The van der Waals surface area contributed by atoms with Gasteiger partial charge in [-0.1, -0.05) is 6.92 Å². The van der Waals surface area contributed by atoms with Crippen molar-refractivity contribution in [1.29, 1.82) is 0 Å². The zero-order valence-corrected chi connectivity index (χ0v) is 12.4.